The van der Waals surface area contributed by atoms with Gasteiger partial charge in [-0.25, -0.2) is 0 Å². The van der Waals surface area contributed by atoms with Gasteiger partial charge in [0.25, 0.3) is 5.91 Å². The van der Waals surface area contributed by atoms with Gasteiger partial charge >= 0.3 is 0 Å². The van der Waals surface area contributed by atoms with Crippen molar-refractivity contribution in [1.82, 2.24) is 0 Å². The monoisotopic (exact) mass is 239 g/mol. The van der Waals surface area contributed by atoms with Gasteiger partial charge < -0.3 is 26.6 Å². The number of hydrogen-bond acceptors (Lipinski definition) is 5. The van der Waals surface area contributed by atoms with Crippen LogP contribution in [0.3, 0.4) is 0 Å². The molecule has 1 rings (SSSR count). The predicted molar refractivity (Wildman–Crippen MR) is 65.8 cm³/mol. The molecule has 0 aliphatic carbocycles. The summed E-state index contributed by atoms with van der Waals surface area (Å²) >= 11 is 0. The van der Waals surface area contributed by atoms with E-state index < -0.39 is 5.91 Å². The second-order valence-electron chi connectivity index (χ2n) is 3.54. The second kappa shape index (κ2) is 6.07. The van der Waals surface area contributed by atoms with Crippen molar-refractivity contribution in [3.05, 3.63) is 23.8 Å². The number of carbonyl (C=O) groups is 1. The minimum absolute atomic E-state index is 0.0692. The molecule has 1 aromatic carbocycles. The lowest BCUT2D eigenvalue weighted by atomic mass is 10.1. The number of amides is 1. The number of primary amides is 1. The lowest BCUT2D eigenvalue weighted by Gasteiger charge is -2.25. The maximum atomic E-state index is 11.1. The molecule has 17 heavy (non-hydrogen) atoms. The number of nitrogen functional groups attached to an aromatic ring is 1. The molecule has 0 unspecified atom stereocenters. The molecule has 6 heteroatoms. The first kappa shape index (κ1) is 13.3. The average Bonchev–Trinajstić information content (AvgIpc) is 2.29. The number of aliphatic hydroxyl groups is 2. The Balaban J connectivity index is 3.10. The first-order valence-corrected chi connectivity index (χ1v) is 5.26. The molecule has 0 radical (unpaired) electrons. The molecule has 94 valence electrons. The Morgan fingerprint density at radius 3 is 2.29 bits per heavy atom. The SMILES string of the molecule is NC(=O)c1cccc(N(CCO)CCO)c1N. The van der Waals surface area contributed by atoms with Crippen LogP contribution in [0.1, 0.15) is 10.4 Å². The van der Waals surface area contributed by atoms with Crippen molar-refractivity contribution in [3.63, 3.8) is 0 Å². The highest BCUT2D eigenvalue weighted by Crippen LogP contribution is 2.26. The van der Waals surface area contributed by atoms with Gasteiger partial charge in [-0.2, -0.15) is 0 Å². The molecule has 0 spiro atoms. The molecule has 6 nitrogen and oxygen atoms in total. The molecule has 0 aliphatic rings. The Morgan fingerprint density at radius 1 is 1.24 bits per heavy atom. The van der Waals surface area contributed by atoms with Crippen molar-refractivity contribution in [2.45, 2.75) is 0 Å². The minimum atomic E-state index is -0.600. The molecule has 1 amide bonds. The lowest BCUT2D eigenvalue weighted by Crippen LogP contribution is -2.31. The Kier molecular flexibility index (Phi) is 4.74. The smallest absolute Gasteiger partial charge is 0.250 e. The summed E-state index contributed by atoms with van der Waals surface area (Å²) in [6.45, 7) is 0.514. The molecule has 0 atom stereocenters. The maximum Gasteiger partial charge on any atom is 0.250 e. The van der Waals surface area contributed by atoms with Gasteiger partial charge in [0, 0.05) is 13.1 Å². The van der Waals surface area contributed by atoms with E-state index in [9.17, 15) is 4.79 Å². The molecule has 0 aromatic heterocycles. The molecular weight excluding hydrogens is 222 g/mol. The molecule has 0 saturated carbocycles. The number of hydrogen-bond donors (Lipinski definition) is 4. The van der Waals surface area contributed by atoms with Crippen LogP contribution in [0.4, 0.5) is 11.4 Å². The van der Waals surface area contributed by atoms with E-state index in [0.29, 0.717) is 18.8 Å². The van der Waals surface area contributed by atoms with Crippen LogP contribution in [0.15, 0.2) is 18.2 Å². The molecular formula is C11H17N3O3. The molecule has 1 aromatic rings. The summed E-state index contributed by atoms with van der Waals surface area (Å²) in [7, 11) is 0. The zero-order chi connectivity index (χ0) is 12.8. The first-order chi connectivity index (χ1) is 8.11. The third-order valence-corrected chi connectivity index (χ3v) is 2.43. The van der Waals surface area contributed by atoms with E-state index in [1.54, 1.807) is 17.0 Å². The average molecular weight is 239 g/mol. The highest BCUT2D eigenvalue weighted by molar-refractivity contribution is 6.00. The number of carbonyl (C=O) groups excluding carboxylic acids is 1. The highest BCUT2D eigenvalue weighted by atomic mass is 16.3. The topological polar surface area (TPSA) is 113 Å². The number of anilines is 2. The molecule has 0 aliphatic heterocycles. The van der Waals surface area contributed by atoms with Crippen molar-refractivity contribution >= 4 is 17.3 Å². The van der Waals surface area contributed by atoms with Crippen LogP contribution >= 0.6 is 0 Å². The lowest BCUT2D eigenvalue weighted by molar-refractivity contribution is 0.100. The summed E-state index contributed by atoms with van der Waals surface area (Å²) in [4.78, 5) is 12.8. The van der Waals surface area contributed by atoms with E-state index in [1.165, 1.54) is 6.07 Å². The third kappa shape index (κ3) is 3.08. The summed E-state index contributed by atoms with van der Waals surface area (Å²) in [6.07, 6.45) is 0. The Bertz CT molecular complexity index is 390. The molecule has 0 bridgehead atoms. The van der Waals surface area contributed by atoms with E-state index in [-0.39, 0.29) is 24.5 Å². The Morgan fingerprint density at radius 2 is 1.82 bits per heavy atom. The standard InChI is InChI=1S/C11H17N3O3/c12-10-8(11(13)17)2-1-3-9(10)14(4-6-15)5-7-16/h1-3,15-16H,4-7,12H2,(H2,13,17). The van der Waals surface area contributed by atoms with Gasteiger partial charge in [0.15, 0.2) is 0 Å². The van der Waals surface area contributed by atoms with Gasteiger partial charge in [-0.3, -0.25) is 4.79 Å². The van der Waals surface area contributed by atoms with E-state index in [2.05, 4.69) is 0 Å². The van der Waals surface area contributed by atoms with Crippen molar-refractivity contribution in [3.8, 4) is 0 Å². The summed E-state index contributed by atoms with van der Waals surface area (Å²) in [5.41, 5.74) is 12.1. The number of rotatable bonds is 6. The number of aliphatic hydroxyl groups excluding tert-OH is 2. The largest absolute Gasteiger partial charge is 0.396 e. The normalized spacial score (nSPS) is 10.2. The van der Waals surface area contributed by atoms with Crippen molar-refractivity contribution < 1.29 is 15.0 Å². The molecule has 0 heterocycles. The zero-order valence-corrected chi connectivity index (χ0v) is 9.47. The fraction of sp³-hybridized carbons (Fsp3) is 0.364. The minimum Gasteiger partial charge on any atom is -0.396 e. The zero-order valence-electron chi connectivity index (χ0n) is 9.47. The van der Waals surface area contributed by atoms with E-state index in [0.717, 1.165) is 0 Å². The number of nitrogens with two attached hydrogens (primary N) is 2. The van der Waals surface area contributed by atoms with Gasteiger partial charge in [0.2, 0.25) is 0 Å². The van der Waals surface area contributed by atoms with Gasteiger partial charge in [-0.05, 0) is 12.1 Å². The Labute approximate surface area is 99.4 Å². The Hall–Kier alpha value is -1.79. The molecule has 0 fully saturated rings. The number of benzene rings is 1. The van der Waals surface area contributed by atoms with Crippen LogP contribution in [0, 0.1) is 0 Å². The van der Waals surface area contributed by atoms with Crippen LogP contribution in [0.25, 0.3) is 0 Å². The maximum absolute atomic E-state index is 11.1. The van der Waals surface area contributed by atoms with E-state index >= 15 is 0 Å². The van der Waals surface area contributed by atoms with Crippen molar-refractivity contribution in [1.29, 1.82) is 0 Å². The summed E-state index contributed by atoms with van der Waals surface area (Å²) in [6, 6.07) is 4.91. The van der Waals surface area contributed by atoms with Crippen LogP contribution in [-0.2, 0) is 0 Å². The molecule has 0 saturated heterocycles. The van der Waals surface area contributed by atoms with Crippen molar-refractivity contribution in [2.75, 3.05) is 36.9 Å². The quantitative estimate of drug-likeness (QED) is 0.483. The van der Waals surface area contributed by atoms with Crippen molar-refractivity contribution in [2.24, 2.45) is 5.73 Å². The second-order valence-corrected chi connectivity index (χ2v) is 3.54. The molecule has 6 N–H and O–H groups in total. The number of nitrogens with zero attached hydrogens (tertiary/aromatic N) is 1. The van der Waals surface area contributed by atoms with Crippen LogP contribution < -0.4 is 16.4 Å². The summed E-state index contributed by atoms with van der Waals surface area (Å²) in [5, 5.41) is 17.9. The summed E-state index contributed by atoms with van der Waals surface area (Å²) < 4.78 is 0. The van der Waals surface area contributed by atoms with Gasteiger partial charge in [0.1, 0.15) is 0 Å². The first-order valence-electron chi connectivity index (χ1n) is 5.26. The van der Waals surface area contributed by atoms with E-state index in [4.69, 9.17) is 21.7 Å². The predicted octanol–water partition coefficient (Wildman–Crippen LogP) is -0.841. The van der Waals surface area contributed by atoms with Gasteiger partial charge in [0.05, 0.1) is 30.2 Å². The fourth-order valence-corrected chi connectivity index (χ4v) is 1.64. The van der Waals surface area contributed by atoms with E-state index in [1.807, 2.05) is 0 Å². The van der Waals surface area contributed by atoms with Crippen LogP contribution in [0.5, 0.6) is 0 Å². The fourth-order valence-electron chi connectivity index (χ4n) is 1.64. The summed E-state index contributed by atoms with van der Waals surface area (Å²) in [5.74, 6) is -0.600. The van der Waals surface area contributed by atoms with Gasteiger partial charge in [-0.15, -0.1) is 0 Å². The van der Waals surface area contributed by atoms with Gasteiger partial charge in [-0.1, -0.05) is 6.07 Å². The third-order valence-electron chi connectivity index (χ3n) is 2.43. The van der Waals surface area contributed by atoms with Crippen LogP contribution in [-0.4, -0.2) is 42.4 Å². The van der Waals surface area contributed by atoms with Crippen LogP contribution in [0.2, 0.25) is 0 Å². The number of para-hydroxylation sites is 1. The highest BCUT2D eigenvalue weighted by Gasteiger charge is 2.14.